The molecule has 0 rings (SSSR count). The van der Waals surface area contributed by atoms with Gasteiger partial charge in [-0.1, -0.05) is 297 Å². The topological polar surface area (TPSA) is 78.9 Å². The zero-order chi connectivity index (χ0) is 46.5. The highest BCUT2D eigenvalue weighted by Gasteiger charge is 2.19. The Morgan fingerprint density at radius 3 is 0.625 bits per heavy atom. The van der Waals surface area contributed by atoms with E-state index in [0.29, 0.717) is 19.3 Å². The van der Waals surface area contributed by atoms with Crippen molar-refractivity contribution < 1.29 is 28.6 Å². The van der Waals surface area contributed by atoms with E-state index >= 15 is 0 Å². The Morgan fingerprint density at radius 2 is 0.422 bits per heavy atom. The summed E-state index contributed by atoms with van der Waals surface area (Å²) in [5.41, 5.74) is 0. The summed E-state index contributed by atoms with van der Waals surface area (Å²) >= 11 is 0. The van der Waals surface area contributed by atoms with E-state index in [2.05, 4.69) is 20.8 Å². The fraction of sp³-hybridized carbons (Fsp3) is 0.948. The van der Waals surface area contributed by atoms with Crippen LogP contribution in [-0.2, 0) is 28.6 Å². The highest BCUT2D eigenvalue weighted by molar-refractivity contribution is 5.71. The van der Waals surface area contributed by atoms with Crippen molar-refractivity contribution in [3.63, 3.8) is 0 Å². The Balaban J connectivity index is 4.11. The molecular weight excluding hydrogens is 793 g/mol. The summed E-state index contributed by atoms with van der Waals surface area (Å²) in [5.74, 6) is -0.842. The van der Waals surface area contributed by atoms with Gasteiger partial charge in [-0.3, -0.25) is 14.4 Å². The lowest BCUT2D eigenvalue weighted by atomic mass is 10.0. The molecule has 1 unspecified atom stereocenters. The minimum Gasteiger partial charge on any atom is -0.462 e. The zero-order valence-electron chi connectivity index (χ0n) is 43.6. The molecule has 0 aliphatic carbocycles. The molecule has 0 amide bonds. The molecule has 0 radical (unpaired) electrons. The van der Waals surface area contributed by atoms with Crippen molar-refractivity contribution in [3.05, 3.63) is 0 Å². The minimum absolute atomic E-state index is 0.0618. The quantitative estimate of drug-likeness (QED) is 0.0344. The summed E-state index contributed by atoms with van der Waals surface area (Å²) < 4.78 is 16.8. The number of hydrogen-bond acceptors (Lipinski definition) is 6. The highest BCUT2D eigenvalue weighted by atomic mass is 16.6. The maximum Gasteiger partial charge on any atom is 0.306 e. The molecule has 0 heterocycles. The fourth-order valence-corrected chi connectivity index (χ4v) is 8.98. The van der Waals surface area contributed by atoms with Gasteiger partial charge in [-0.15, -0.1) is 0 Å². The number of hydrogen-bond donors (Lipinski definition) is 0. The first-order valence-electron chi connectivity index (χ1n) is 29.0. The fourth-order valence-electron chi connectivity index (χ4n) is 8.98. The third-order valence-electron chi connectivity index (χ3n) is 13.4. The molecule has 6 heteroatoms. The lowest BCUT2D eigenvalue weighted by molar-refractivity contribution is -0.167. The van der Waals surface area contributed by atoms with Crippen LogP contribution in [0, 0.1) is 0 Å². The van der Waals surface area contributed by atoms with Crippen molar-refractivity contribution in [1.82, 2.24) is 0 Å². The normalized spacial score (nSPS) is 11.9. The van der Waals surface area contributed by atoms with Gasteiger partial charge in [-0.05, 0) is 19.3 Å². The maximum absolute atomic E-state index is 12.8. The molecule has 64 heavy (non-hydrogen) atoms. The second-order valence-corrected chi connectivity index (χ2v) is 19.9. The van der Waals surface area contributed by atoms with Crippen LogP contribution in [-0.4, -0.2) is 37.2 Å². The van der Waals surface area contributed by atoms with E-state index in [1.165, 1.54) is 238 Å². The van der Waals surface area contributed by atoms with Crippen LogP contribution in [0.2, 0.25) is 0 Å². The number of carbonyl (C=O) groups excluding carboxylic acids is 3. The van der Waals surface area contributed by atoms with Crippen molar-refractivity contribution in [2.24, 2.45) is 0 Å². The number of carbonyl (C=O) groups is 3. The maximum atomic E-state index is 12.8. The van der Waals surface area contributed by atoms with Crippen molar-refractivity contribution in [2.75, 3.05) is 13.2 Å². The van der Waals surface area contributed by atoms with Gasteiger partial charge < -0.3 is 14.2 Å². The van der Waals surface area contributed by atoms with E-state index in [-0.39, 0.29) is 31.1 Å². The van der Waals surface area contributed by atoms with E-state index in [0.717, 1.165) is 57.8 Å². The molecular formula is C58H112O6. The largest absolute Gasteiger partial charge is 0.462 e. The molecule has 0 aromatic heterocycles. The van der Waals surface area contributed by atoms with Gasteiger partial charge in [0.25, 0.3) is 0 Å². The Kier molecular flexibility index (Phi) is 52.7. The minimum atomic E-state index is -0.760. The van der Waals surface area contributed by atoms with Crippen molar-refractivity contribution in [1.29, 1.82) is 0 Å². The monoisotopic (exact) mass is 905 g/mol. The number of rotatable bonds is 54. The number of ether oxygens (including phenoxy) is 3. The van der Waals surface area contributed by atoms with Gasteiger partial charge >= 0.3 is 17.9 Å². The van der Waals surface area contributed by atoms with Crippen LogP contribution in [0.5, 0.6) is 0 Å². The number of unbranched alkanes of at least 4 members (excludes halogenated alkanes) is 43. The molecule has 0 saturated carbocycles. The third-order valence-corrected chi connectivity index (χ3v) is 13.4. The summed E-state index contributed by atoms with van der Waals surface area (Å²) in [7, 11) is 0. The van der Waals surface area contributed by atoms with Crippen LogP contribution in [0.15, 0.2) is 0 Å². The Bertz CT molecular complexity index is 951. The smallest absolute Gasteiger partial charge is 0.306 e. The standard InChI is InChI=1S/C58H112O6/c1-4-7-10-13-16-18-20-22-24-26-28-29-30-32-33-35-37-39-42-45-48-51-57(60)63-54-55(53-62-56(59)50-47-44-41-15-12-9-6-3)64-58(61)52-49-46-43-40-38-36-34-31-27-25-23-21-19-17-14-11-8-5-2/h55H,4-54H2,1-3H3. The van der Waals surface area contributed by atoms with Gasteiger partial charge in [0.05, 0.1) is 0 Å². The van der Waals surface area contributed by atoms with Crippen molar-refractivity contribution in [3.8, 4) is 0 Å². The van der Waals surface area contributed by atoms with Crippen molar-refractivity contribution in [2.45, 2.75) is 341 Å². The Hall–Kier alpha value is -1.59. The lowest BCUT2D eigenvalue weighted by Gasteiger charge is -2.18. The van der Waals surface area contributed by atoms with Gasteiger partial charge in [0.1, 0.15) is 13.2 Å². The molecule has 0 bridgehead atoms. The number of esters is 3. The molecule has 0 aliphatic heterocycles. The Morgan fingerprint density at radius 1 is 0.250 bits per heavy atom. The van der Waals surface area contributed by atoms with Crippen LogP contribution >= 0.6 is 0 Å². The zero-order valence-corrected chi connectivity index (χ0v) is 43.6. The molecule has 0 aromatic rings. The van der Waals surface area contributed by atoms with Gasteiger partial charge in [0, 0.05) is 19.3 Å². The van der Waals surface area contributed by atoms with Crippen LogP contribution in [0.4, 0.5) is 0 Å². The van der Waals surface area contributed by atoms with Crippen LogP contribution in [0.3, 0.4) is 0 Å². The first-order chi connectivity index (χ1) is 31.5. The van der Waals surface area contributed by atoms with E-state index in [4.69, 9.17) is 14.2 Å². The SMILES string of the molecule is CCCCCCCCCCCCCCCCCCCCCCCC(=O)OCC(COC(=O)CCCCCCCCC)OC(=O)CCCCCCCCCCCCCCCCCCCC. The van der Waals surface area contributed by atoms with E-state index in [9.17, 15) is 14.4 Å². The highest BCUT2D eigenvalue weighted by Crippen LogP contribution is 2.18. The predicted octanol–water partition coefficient (Wildman–Crippen LogP) is 19.2. The molecule has 0 spiro atoms. The lowest BCUT2D eigenvalue weighted by Crippen LogP contribution is -2.30. The van der Waals surface area contributed by atoms with E-state index in [1.54, 1.807) is 0 Å². The van der Waals surface area contributed by atoms with Gasteiger partial charge in [-0.25, -0.2) is 0 Å². The summed E-state index contributed by atoms with van der Waals surface area (Å²) in [5, 5.41) is 0. The third kappa shape index (κ3) is 51.4. The molecule has 380 valence electrons. The van der Waals surface area contributed by atoms with E-state index < -0.39 is 6.10 Å². The molecule has 0 aromatic carbocycles. The summed E-state index contributed by atoms with van der Waals surface area (Å²) in [6, 6.07) is 0. The predicted molar refractivity (Wildman–Crippen MR) is 275 cm³/mol. The van der Waals surface area contributed by atoms with Crippen LogP contribution < -0.4 is 0 Å². The van der Waals surface area contributed by atoms with Crippen LogP contribution in [0.25, 0.3) is 0 Å². The molecule has 0 aliphatic rings. The van der Waals surface area contributed by atoms with Gasteiger partial charge in [0.15, 0.2) is 6.10 Å². The summed E-state index contributed by atoms with van der Waals surface area (Å²) in [6.07, 6.45) is 59.8. The average molecular weight is 906 g/mol. The van der Waals surface area contributed by atoms with E-state index in [1.807, 2.05) is 0 Å². The summed E-state index contributed by atoms with van der Waals surface area (Å²) in [6.45, 7) is 6.67. The Labute approximate surface area is 399 Å². The first-order valence-corrected chi connectivity index (χ1v) is 29.0. The van der Waals surface area contributed by atoms with Gasteiger partial charge in [0.2, 0.25) is 0 Å². The molecule has 6 nitrogen and oxygen atoms in total. The first kappa shape index (κ1) is 62.4. The molecule has 0 saturated heterocycles. The second kappa shape index (κ2) is 54.0. The molecule has 1 atom stereocenters. The van der Waals surface area contributed by atoms with Gasteiger partial charge in [-0.2, -0.15) is 0 Å². The van der Waals surface area contributed by atoms with Crippen molar-refractivity contribution >= 4 is 17.9 Å². The molecule has 0 N–H and O–H groups in total. The molecule has 0 fully saturated rings. The average Bonchev–Trinajstić information content (AvgIpc) is 3.29. The van der Waals surface area contributed by atoms with Crippen LogP contribution in [0.1, 0.15) is 335 Å². The summed E-state index contributed by atoms with van der Waals surface area (Å²) in [4.78, 5) is 37.9. The second-order valence-electron chi connectivity index (χ2n) is 19.9.